The summed E-state index contributed by atoms with van der Waals surface area (Å²) >= 11 is 5.92. The quantitative estimate of drug-likeness (QED) is 0.748. The van der Waals surface area contributed by atoms with E-state index in [2.05, 4.69) is 4.90 Å². The van der Waals surface area contributed by atoms with Crippen molar-refractivity contribution in [1.82, 2.24) is 4.90 Å². The first kappa shape index (κ1) is 13.7. The Kier molecular flexibility index (Phi) is 4.87. The summed E-state index contributed by atoms with van der Waals surface area (Å²) in [5.74, 6) is 0.201. The number of benzene rings is 1. The van der Waals surface area contributed by atoms with E-state index in [1.165, 1.54) is 12.8 Å². The summed E-state index contributed by atoms with van der Waals surface area (Å²) < 4.78 is 0. The molecule has 0 unspecified atom stereocenters. The van der Waals surface area contributed by atoms with Gasteiger partial charge in [0.15, 0.2) is 0 Å². The molecule has 1 aromatic rings. The van der Waals surface area contributed by atoms with Gasteiger partial charge in [0.25, 0.3) is 0 Å². The van der Waals surface area contributed by atoms with Crippen LogP contribution in [0.15, 0.2) is 18.2 Å². The maximum Gasteiger partial charge on any atom is 0.138 e. The molecular formula is C14H20ClNO2. The molecule has 4 heteroatoms. The molecule has 0 heterocycles. The third-order valence-electron chi connectivity index (χ3n) is 3.36. The number of aliphatic hydroxyl groups excluding tert-OH is 1. The molecule has 0 radical (unpaired) electrons. The van der Waals surface area contributed by atoms with Gasteiger partial charge in [0.05, 0.1) is 5.02 Å². The first-order valence-electron chi connectivity index (χ1n) is 6.53. The van der Waals surface area contributed by atoms with Crippen LogP contribution in [0.1, 0.15) is 31.2 Å². The lowest BCUT2D eigenvalue weighted by atomic mass is 10.1. The zero-order valence-electron chi connectivity index (χ0n) is 10.5. The Bertz CT molecular complexity index is 393. The lowest BCUT2D eigenvalue weighted by molar-refractivity contribution is 0.227. The van der Waals surface area contributed by atoms with Crippen LogP contribution < -0.4 is 0 Å². The summed E-state index contributed by atoms with van der Waals surface area (Å²) in [6.45, 7) is 1.96. The van der Waals surface area contributed by atoms with Crippen molar-refractivity contribution in [2.45, 2.75) is 38.3 Å². The van der Waals surface area contributed by atoms with Crippen LogP contribution >= 0.6 is 11.6 Å². The van der Waals surface area contributed by atoms with Crippen LogP contribution in [-0.4, -0.2) is 34.3 Å². The van der Waals surface area contributed by atoms with E-state index in [9.17, 15) is 5.11 Å². The highest BCUT2D eigenvalue weighted by molar-refractivity contribution is 6.32. The van der Waals surface area contributed by atoms with Gasteiger partial charge in [-0.25, -0.2) is 0 Å². The molecule has 3 nitrogen and oxygen atoms in total. The molecule has 1 fully saturated rings. The second kappa shape index (κ2) is 6.41. The number of phenols is 1. The molecule has 2 N–H and O–H groups in total. The van der Waals surface area contributed by atoms with Gasteiger partial charge in [0.2, 0.25) is 0 Å². The first-order valence-corrected chi connectivity index (χ1v) is 6.91. The summed E-state index contributed by atoms with van der Waals surface area (Å²) in [7, 11) is 0. The van der Waals surface area contributed by atoms with Gasteiger partial charge in [-0.05, 0) is 38.3 Å². The van der Waals surface area contributed by atoms with Gasteiger partial charge in [-0.3, -0.25) is 4.90 Å². The minimum absolute atomic E-state index is 0.201. The minimum atomic E-state index is 0.201. The molecule has 100 valence electrons. The number of aromatic hydroxyl groups is 1. The van der Waals surface area contributed by atoms with E-state index in [0.29, 0.717) is 11.1 Å². The predicted octanol–water partition coefficient (Wildman–Crippen LogP) is 2.78. The molecule has 18 heavy (non-hydrogen) atoms. The molecule has 0 saturated heterocycles. The molecule has 1 aliphatic rings. The Hall–Kier alpha value is -0.770. The number of para-hydroxylation sites is 1. The number of hydrogen-bond donors (Lipinski definition) is 2. The Morgan fingerprint density at radius 1 is 1.28 bits per heavy atom. The highest BCUT2D eigenvalue weighted by Crippen LogP contribution is 2.32. The van der Waals surface area contributed by atoms with Crippen LogP contribution in [0, 0.1) is 0 Å². The van der Waals surface area contributed by atoms with E-state index in [-0.39, 0.29) is 12.4 Å². The van der Waals surface area contributed by atoms with Gasteiger partial charge in [0, 0.05) is 24.8 Å². The highest BCUT2D eigenvalue weighted by atomic mass is 35.5. The third-order valence-corrected chi connectivity index (χ3v) is 3.67. The molecule has 0 spiro atoms. The molecule has 1 aromatic carbocycles. The zero-order chi connectivity index (χ0) is 13.0. The Balaban J connectivity index is 1.97. The monoisotopic (exact) mass is 269 g/mol. The molecule has 0 aliphatic heterocycles. The summed E-state index contributed by atoms with van der Waals surface area (Å²) in [5.41, 5.74) is 0.887. The maximum absolute atomic E-state index is 9.92. The molecule has 2 rings (SSSR count). The van der Waals surface area contributed by atoms with Gasteiger partial charge >= 0.3 is 0 Å². The Labute approximate surface area is 113 Å². The summed E-state index contributed by atoms with van der Waals surface area (Å²) in [6.07, 6.45) is 4.31. The second-order valence-electron chi connectivity index (χ2n) is 4.88. The van der Waals surface area contributed by atoms with Gasteiger partial charge in [0.1, 0.15) is 5.75 Å². The fourth-order valence-corrected chi connectivity index (χ4v) is 2.36. The molecule has 1 saturated carbocycles. The fraction of sp³-hybridized carbons (Fsp3) is 0.571. The largest absolute Gasteiger partial charge is 0.506 e. The zero-order valence-corrected chi connectivity index (χ0v) is 11.2. The maximum atomic E-state index is 9.92. The van der Waals surface area contributed by atoms with E-state index >= 15 is 0 Å². The van der Waals surface area contributed by atoms with Crippen molar-refractivity contribution in [1.29, 1.82) is 0 Å². The van der Waals surface area contributed by atoms with Crippen molar-refractivity contribution in [3.8, 4) is 5.75 Å². The van der Waals surface area contributed by atoms with Crippen LogP contribution in [0.4, 0.5) is 0 Å². The van der Waals surface area contributed by atoms with Gasteiger partial charge in [-0.2, -0.15) is 0 Å². The fourth-order valence-electron chi connectivity index (χ4n) is 2.16. The van der Waals surface area contributed by atoms with Crippen LogP contribution in [0.3, 0.4) is 0 Å². The smallest absolute Gasteiger partial charge is 0.138 e. The number of phenolic OH excluding ortho intramolecular Hbond substituents is 1. The first-order chi connectivity index (χ1) is 8.72. The van der Waals surface area contributed by atoms with Crippen molar-refractivity contribution < 1.29 is 10.2 Å². The highest BCUT2D eigenvalue weighted by Gasteiger charge is 2.29. The van der Waals surface area contributed by atoms with Gasteiger partial charge in [-0.1, -0.05) is 23.7 Å². The molecule has 0 aromatic heterocycles. The standard InChI is InChI=1S/C14H20ClNO2/c15-13-5-3-4-11(14(13)18)10-16(12-6-7-12)8-1-2-9-17/h3-5,12,17-18H,1-2,6-10H2. The van der Waals surface area contributed by atoms with E-state index < -0.39 is 0 Å². The van der Waals surface area contributed by atoms with E-state index in [1.807, 2.05) is 12.1 Å². The average Bonchev–Trinajstić information content (AvgIpc) is 3.18. The Morgan fingerprint density at radius 3 is 2.72 bits per heavy atom. The van der Waals surface area contributed by atoms with Gasteiger partial charge < -0.3 is 10.2 Å². The molecule has 1 aliphatic carbocycles. The molecule has 0 atom stereocenters. The van der Waals surface area contributed by atoms with Crippen molar-refractivity contribution in [2.24, 2.45) is 0 Å². The average molecular weight is 270 g/mol. The SMILES string of the molecule is OCCCCN(Cc1cccc(Cl)c1O)C1CC1. The second-order valence-corrected chi connectivity index (χ2v) is 5.29. The molecular weight excluding hydrogens is 250 g/mol. The molecule has 0 amide bonds. The van der Waals surface area contributed by atoms with Crippen LogP contribution in [0.2, 0.25) is 5.02 Å². The summed E-state index contributed by atoms with van der Waals surface area (Å²) in [4.78, 5) is 2.38. The van der Waals surface area contributed by atoms with Crippen molar-refractivity contribution in [3.63, 3.8) is 0 Å². The van der Waals surface area contributed by atoms with E-state index in [4.69, 9.17) is 16.7 Å². The lowest BCUT2D eigenvalue weighted by Crippen LogP contribution is -2.26. The van der Waals surface area contributed by atoms with E-state index in [0.717, 1.165) is 31.5 Å². The van der Waals surface area contributed by atoms with Crippen LogP contribution in [0.5, 0.6) is 5.75 Å². The topological polar surface area (TPSA) is 43.7 Å². The predicted molar refractivity (Wildman–Crippen MR) is 72.9 cm³/mol. The van der Waals surface area contributed by atoms with E-state index in [1.54, 1.807) is 6.07 Å². The minimum Gasteiger partial charge on any atom is -0.506 e. The van der Waals surface area contributed by atoms with Crippen molar-refractivity contribution in [2.75, 3.05) is 13.2 Å². The lowest BCUT2D eigenvalue weighted by Gasteiger charge is -2.22. The van der Waals surface area contributed by atoms with Gasteiger partial charge in [-0.15, -0.1) is 0 Å². The van der Waals surface area contributed by atoms with Crippen LogP contribution in [-0.2, 0) is 6.54 Å². The summed E-state index contributed by atoms with van der Waals surface area (Å²) in [6, 6.07) is 6.13. The number of hydrogen-bond acceptors (Lipinski definition) is 3. The third kappa shape index (κ3) is 3.61. The Morgan fingerprint density at radius 2 is 2.06 bits per heavy atom. The van der Waals surface area contributed by atoms with Crippen LogP contribution in [0.25, 0.3) is 0 Å². The molecule has 0 bridgehead atoms. The normalized spacial score (nSPS) is 15.3. The summed E-state index contributed by atoms with van der Waals surface area (Å²) in [5, 5.41) is 19.2. The number of unbranched alkanes of at least 4 members (excludes halogenated alkanes) is 1. The van der Waals surface area contributed by atoms with Crippen molar-refractivity contribution in [3.05, 3.63) is 28.8 Å². The number of halogens is 1. The number of rotatable bonds is 7. The number of aliphatic hydroxyl groups is 1. The number of nitrogens with zero attached hydrogens (tertiary/aromatic N) is 1. The van der Waals surface area contributed by atoms with Crippen molar-refractivity contribution >= 4 is 11.6 Å².